The Morgan fingerprint density at radius 3 is 2.55 bits per heavy atom. The fourth-order valence-electron chi connectivity index (χ4n) is 1.86. The van der Waals surface area contributed by atoms with Gasteiger partial charge < -0.3 is 10.4 Å². The molecule has 2 unspecified atom stereocenters. The highest BCUT2D eigenvalue weighted by Gasteiger charge is 2.27. The smallest absolute Gasteiger partial charge is 0.308 e. The lowest BCUT2D eigenvalue weighted by atomic mass is 9.89. The number of carbonyl (C=O) groups is 1. The van der Waals surface area contributed by atoms with Gasteiger partial charge in [-0.15, -0.1) is 0 Å². The summed E-state index contributed by atoms with van der Waals surface area (Å²) in [6.07, 6.45) is 0.838. The lowest BCUT2D eigenvalue weighted by molar-refractivity contribution is -0.123. The van der Waals surface area contributed by atoms with Crippen molar-refractivity contribution in [3.63, 3.8) is 0 Å². The fourth-order valence-corrected chi connectivity index (χ4v) is 2.69. The van der Waals surface area contributed by atoms with Crippen LogP contribution in [0.2, 0.25) is 0 Å². The number of aromatic nitrogens is 1. The first-order valence-corrected chi connectivity index (χ1v) is 7.66. The normalized spacial score (nSPS) is 15.7. The van der Waals surface area contributed by atoms with Crippen LogP contribution < -0.4 is 10.2 Å². The molecule has 5 nitrogen and oxygen atoms in total. The summed E-state index contributed by atoms with van der Waals surface area (Å²) in [6, 6.07) is 0. The zero-order valence-corrected chi connectivity index (χ0v) is 13.6. The van der Waals surface area contributed by atoms with E-state index in [0.717, 1.165) is 28.3 Å². The number of carbonyl (C=O) groups excluding carboxylic acids is 1. The third kappa shape index (κ3) is 3.93. The van der Waals surface area contributed by atoms with Gasteiger partial charge >= 0.3 is 4.87 Å². The quantitative estimate of drug-likeness (QED) is 0.835. The second-order valence-corrected chi connectivity index (χ2v) is 6.70. The molecule has 0 aliphatic rings. The van der Waals surface area contributed by atoms with Gasteiger partial charge in [-0.25, -0.2) is 0 Å². The molecule has 114 valence electrons. The molecular formula is C14H24N2O3S. The van der Waals surface area contributed by atoms with Crippen LogP contribution in [0.5, 0.6) is 0 Å². The molecule has 1 rings (SSSR count). The van der Waals surface area contributed by atoms with Crippen molar-refractivity contribution in [3.8, 4) is 0 Å². The molecule has 0 aliphatic carbocycles. The van der Waals surface area contributed by atoms with E-state index in [9.17, 15) is 14.7 Å². The van der Waals surface area contributed by atoms with Crippen LogP contribution in [0.25, 0.3) is 0 Å². The molecular weight excluding hydrogens is 276 g/mol. The topological polar surface area (TPSA) is 71.3 Å². The summed E-state index contributed by atoms with van der Waals surface area (Å²) in [4.78, 5) is 24.4. The van der Waals surface area contributed by atoms with Gasteiger partial charge in [-0.3, -0.25) is 14.2 Å². The Bertz CT molecular complexity index is 531. The van der Waals surface area contributed by atoms with Gasteiger partial charge in [-0.2, -0.15) is 0 Å². The van der Waals surface area contributed by atoms with E-state index < -0.39 is 5.60 Å². The van der Waals surface area contributed by atoms with Crippen molar-refractivity contribution in [2.24, 2.45) is 5.92 Å². The molecule has 0 aliphatic heterocycles. The molecule has 0 aromatic carbocycles. The number of amides is 1. The van der Waals surface area contributed by atoms with Gasteiger partial charge in [0.2, 0.25) is 5.91 Å². The van der Waals surface area contributed by atoms with Crippen LogP contribution in [0.3, 0.4) is 0 Å². The van der Waals surface area contributed by atoms with Crippen LogP contribution in [-0.4, -0.2) is 27.7 Å². The van der Waals surface area contributed by atoms with Crippen molar-refractivity contribution in [3.05, 3.63) is 20.2 Å². The second kappa shape index (κ2) is 6.54. The maximum Gasteiger partial charge on any atom is 0.308 e. The highest BCUT2D eigenvalue weighted by atomic mass is 32.1. The predicted octanol–water partition coefficient (Wildman–Crippen LogP) is 1.44. The molecule has 0 saturated carbocycles. The number of rotatable bonds is 6. The maximum atomic E-state index is 11.9. The van der Waals surface area contributed by atoms with E-state index in [1.165, 1.54) is 4.57 Å². The molecule has 20 heavy (non-hydrogen) atoms. The summed E-state index contributed by atoms with van der Waals surface area (Å²) in [5, 5.41) is 12.9. The average Bonchev–Trinajstić information content (AvgIpc) is 2.62. The SMILES string of the molecule is CCC(C)C(C)(O)CNC(=O)Cn1c(C)c(C)sc1=O. The fraction of sp³-hybridized carbons (Fsp3) is 0.714. The summed E-state index contributed by atoms with van der Waals surface area (Å²) < 4.78 is 1.47. The van der Waals surface area contributed by atoms with Crippen molar-refractivity contribution < 1.29 is 9.90 Å². The highest BCUT2D eigenvalue weighted by Crippen LogP contribution is 2.18. The first kappa shape index (κ1) is 16.9. The van der Waals surface area contributed by atoms with Crippen molar-refractivity contribution in [1.82, 2.24) is 9.88 Å². The van der Waals surface area contributed by atoms with Crippen LogP contribution in [0.4, 0.5) is 0 Å². The van der Waals surface area contributed by atoms with Crippen molar-refractivity contribution in [1.29, 1.82) is 0 Å². The number of thiazole rings is 1. The number of aryl methyl sites for hydroxylation is 1. The minimum atomic E-state index is -0.936. The van der Waals surface area contributed by atoms with Crippen LogP contribution in [0.15, 0.2) is 4.79 Å². The number of hydrogen-bond donors (Lipinski definition) is 2. The van der Waals surface area contributed by atoms with Gasteiger partial charge in [0.25, 0.3) is 0 Å². The van der Waals surface area contributed by atoms with Gasteiger partial charge in [0.1, 0.15) is 6.54 Å². The minimum Gasteiger partial charge on any atom is -0.388 e. The molecule has 1 aromatic rings. The molecule has 0 fully saturated rings. The standard InChI is InChI=1S/C14H24N2O3S/c1-6-9(2)14(5,19)8-15-12(17)7-16-10(3)11(4)20-13(16)18/h9,19H,6-8H2,1-5H3,(H,15,17). The van der Waals surface area contributed by atoms with Crippen LogP contribution in [-0.2, 0) is 11.3 Å². The summed E-state index contributed by atoms with van der Waals surface area (Å²) in [5.74, 6) is -0.160. The van der Waals surface area contributed by atoms with E-state index in [0.29, 0.717) is 0 Å². The summed E-state index contributed by atoms with van der Waals surface area (Å²) in [7, 11) is 0. The van der Waals surface area contributed by atoms with Gasteiger partial charge in [0, 0.05) is 17.1 Å². The molecule has 2 N–H and O–H groups in total. The molecule has 1 aromatic heterocycles. The van der Waals surface area contributed by atoms with E-state index in [-0.39, 0.29) is 29.8 Å². The molecule has 2 atom stereocenters. The van der Waals surface area contributed by atoms with Crippen molar-refractivity contribution in [2.45, 2.75) is 53.2 Å². The average molecular weight is 300 g/mol. The highest BCUT2D eigenvalue weighted by molar-refractivity contribution is 7.09. The molecule has 0 radical (unpaired) electrons. The molecule has 1 heterocycles. The Morgan fingerprint density at radius 1 is 1.50 bits per heavy atom. The molecule has 0 spiro atoms. The third-order valence-electron chi connectivity index (χ3n) is 3.99. The number of nitrogens with one attached hydrogen (secondary N) is 1. The van der Waals surface area contributed by atoms with E-state index in [2.05, 4.69) is 5.32 Å². The van der Waals surface area contributed by atoms with Crippen molar-refractivity contribution in [2.75, 3.05) is 6.54 Å². The molecule has 1 amide bonds. The predicted molar refractivity (Wildman–Crippen MR) is 81.1 cm³/mol. The largest absolute Gasteiger partial charge is 0.388 e. The van der Waals surface area contributed by atoms with E-state index >= 15 is 0 Å². The van der Waals surface area contributed by atoms with E-state index in [1.54, 1.807) is 6.92 Å². The summed E-state index contributed by atoms with van der Waals surface area (Å²) >= 11 is 1.15. The van der Waals surface area contributed by atoms with Gasteiger partial charge in [-0.1, -0.05) is 31.6 Å². The van der Waals surface area contributed by atoms with Gasteiger partial charge in [0.15, 0.2) is 0 Å². The zero-order chi connectivity index (χ0) is 15.5. The Hall–Kier alpha value is -1.14. The van der Waals surface area contributed by atoms with Gasteiger partial charge in [0.05, 0.1) is 5.60 Å². The molecule has 0 saturated heterocycles. The Morgan fingerprint density at radius 2 is 2.10 bits per heavy atom. The summed E-state index contributed by atoms with van der Waals surface area (Å²) in [5.41, 5.74) is -0.113. The van der Waals surface area contributed by atoms with Crippen molar-refractivity contribution >= 4 is 17.2 Å². The molecule has 0 bridgehead atoms. The number of aliphatic hydroxyl groups is 1. The minimum absolute atomic E-state index is 0.00555. The third-order valence-corrected chi connectivity index (χ3v) is 4.99. The van der Waals surface area contributed by atoms with Crippen LogP contribution in [0.1, 0.15) is 37.8 Å². The summed E-state index contributed by atoms with van der Waals surface area (Å²) in [6.45, 7) is 9.55. The first-order chi connectivity index (χ1) is 9.19. The number of nitrogens with zero attached hydrogens (tertiary/aromatic N) is 1. The van der Waals surface area contributed by atoms with Crippen LogP contribution in [0, 0.1) is 19.8 Å². The van der Waals surface area contributed by atoms with Crippen LogP contribution >= 0.6 is 11.3 Å². The Kier molecular flexibility index (Phi) is 5.53. The first-order valence-electron chi connectivity index (χ1n) is 6.85. The molecule has 6 heteroatoms. The lowest BCUT2D eigenvalue weighted by Crippen LogP contribution is -2.46. The number of hydrogen-bond acceptors (Lipinski definition) is 4. The lowest BCUT2D eigenvalue weighted by Gasteiger charge is -2.29. The Labute approximate surface area is 123 Å². The zero-order valence-electron chi connectivity index (χ0n) is 12.8. The Balaban J connectivity index is 2.63. The van der Waals surface area contributed by atoms with E-state index in [4.69, 9.17) is 0 Å². The van der Waals surface area contributed by atoms with E-state index in [1.807, 2.05) is 27.7 Å². The maximum absolute atomic E-state index is 11.9. The van der Waals surface area contributed by atoms with Gasteiger partial charge in [-0.05, 0) is 26.7 Å². The monoisotopic (exact) mass is 300 g/mol. The second-order valence-electron chi connectivity index (χ2n) is 5.54.